The van der Waals surface area contributed by atoms with Crippen LogP contribution in [-0.2, 0) is 20.8 Å². The van der Waals surface area contributed by atoms with Gasteiger partial charge in [0.15, 0.2) is 0 Å². The highest BCUT2D eigenvalue weighted by Crippen LogP contribution is 2.19. The Kier molecular flexibility index (Phi) is 8.24. The molecule has 0 fully saturated rings. The summed E-state index contributed by atoms with van der Waals surface area (Å²) in [5.74, 6) is -1.02. The van der Waals surface area contributed by atoms with E-state index in [9.17, 15) is 14.4 Å². The fourth-order valence-corrected chi connectivity index (χ4v) is 3.89. The molecule has 7 nitrogen and oxygen atoms in total. The van der Waals surface area contributed by atoms with E-state index in [0.717, 1.165) is 22.0 Å². The molecule has 0 aliphatic carbocycles. The second-order valence-electron chi connectivity index (χ2n) is 8.71. The summed E-state index contributed by atoms with van der Waals surface area (Å²) in [6.45, 7) is 5.11. The Morgan fingerprint density at radius 3 is 2.38 bits per heavy atom. The number of amides is 3. The molecule has 0 radical (unpaired) electrons. The Labute approximate surface area is 200 Å². The molecule has 3 rings (SSSR count). The number of benzene rings is 2. The third kappa shape index (κ3) is 6.13. The molecule has 0 saturated carbocycles. The smallest absolute Gasteiger partial charge is 0.247 e. The molecule has 34 heavy (non-hydrogen) atoms. The Morgan fingerprint density at radius 1 is 1.03 bits per heavy atom. The number of nitrogens with one attached hydrogen (secondary N) is 3. The average Bonchev–Trinajstić information content (AvgIpc) is 3.23. The molecule has 3 aromatic rings. The van der Waals surface area contributed by atoms with Gasteiger partial charge in [0, 0.05) is 49.3 Å². The van der Waals surface area contributed by atoms with E-state index < -0.39 is 12.1 Å². The van der Waals surface area contributed by atoms with Crippen molar-refractivity contribution < 1.29 is 14.4 Å². The number of fused-ring (bicyclic) bond motifs is 1. The molecule has 2 atom stereocenters. The van der Waals surface area contributed by atoms with Crippen molar-refractivity contribution in [3.8, 4) is 0 Å². The van der Waals surface area contributed by atoms with Crippen LogP contribution in [0.3, 0.4) is 0 Å². The monoisotopic (exact) mass is 460 g/mol. The maximum atomic E-state index is 13.3. The van der Waals surface area contributed by atoms with Crippen molar-refractivity contribution >= 4 is 34.7 Å². The van der Waals surface area contributed by atoms with Crippen LogP contribution in [0.15, 0.2) is 67.0 Å². The third-order valence-corrected chi connectivity index (χ3v) is 5.79. The van der Waals surface area contributed by atoms with Gasteiger partial charge in [-0.3, -0.25) is 14.4 Å². The van der Waals surface area contributed by atoms with Gasteiger partial charge in [-0.25, -0.2) is 0 Å². The van der Waals surface area contributed by atoms with Gasteiger partial charge in [-0.15, -0.1) is 0 Å². The third-order valence-electron chi connectivity index (χ3n) is 5.79. The Hall–Kier alpha value is -3.87. The largest absolute Gasteiger partial charge is 0.361 e. The molecule has 0 bridgehead atoms. The molecular formula is C27H32N4O3. The minimum atomic E-state index is -0.752. The van der Waals surface area contributed by atoms with Crippen molar-refractivity contribution in [1.29, 1.82) is 0 Å². The summed E-state index contributed by atoms with van der Waals surface area (Å²) in [5.41, 5.74) is 2.90. The molecule has 2 aromatic carbocycles. The van der Waals surface area contributed by atoms with Crippen LogP contribution in [-0.4, -0.2) is 46.7 Å². The zero-order chi connectivity index (χ0) is 24.7. The SMILES string of the molecule is CC(=O)N[C@H](C(=O)N(C)[C@@H](Cc1ccccc1)C(=O)N/C=C/c1c[nH]c2ccccc12)C(C)C. The van der Waals surface area contributed by atoms with Gasteiger partial charge in [0.25, 0.3) is 0 Å². The fraction of sp³-hybridized carbons (Fsp3) is 0.296. The lowest BCUT2D eigenvalue weighted by atomic mass is 9.99. The number of para-hydroxylation sites is 1. The van der Waals surface area contributed by atoms with Crippen molar-refractivity contribution in [2.45, 2.75) is 39.3 Å². The topological polar surface area (TPSA) is 94.3 Å². The van der Waals surface area contributed by atoms with Gasteiger partial charge in [0.2, 0.25) is 17.7 Å². The van der Waals surface area contributed by atoms with E-state index in [1.54, 1.807) is 13.2 Å². The van der Waals surface area contributed by atoms with Crippen LogP contribution in [0.4, 0.5) is 0 Å². The number of rotatable bonds is 9. The van der Waals surface area contributed by atoms with Crippen LogP contribution >= 0.6 is 0 Å². The Balaban J connectivity index is 1.80. The highest BCUT2D eigenvalue weighted by atomic mass is 16.2. The number of hydrogen-bond donors (Lipinski definition) is 3. The Bertz CT molecular complexity index is 1170. The van der Waals surface area contributed by atoms with Crippen molar-refractivity contribution in [1.82, 2.24) is 20.5 Å². The first kappa shape index (κ1) is 24.8. The molecule has 0 aliphatic rings. The maximum absolute atomic E-state index is 13.3. The molecule has 0 spiro atoms. The van der Waals surface area contributed by atoms with Crippen molar-refractivity contribution in [2.24, 2.45) is 5.92 Å². The molecule has 1 aromatic heterocycles. The van der Waals surface area contributed by atoms with E-state index in [2.05, 4.69) is 15.6 Å². The van der Waals surface area contributed by atoms with E-state index in [-0.39, 0.29) is 23.6 Å². The minimum absolute atomic E-state index is 0.124. The van der Waals surface area contributed by atoms with Gasteiger partial charge in [-0.2, -0.15) is 0 Å². The lowest BCUT2D eigenvalue weighted by Gasteiger charge is -2.32. The molecule has 0 saturated heterocycles. The zero-order valence-electron chi connectivity index (χ0n) is 20.0. The standard InChI is InChI=1S/C27H32N4O3/c1-18(2)25(30-19(3)32)27(34)31(4)24(16-20-10-6-5-7-11-20)26(33)28-15-14-21-17-29-23-13-9-8-12-22(21)23/h5-15,17-18,24-25,29H,16H2,1-4H3,(H,28,33)(H,30,32)/b15-14+/t24-,25-/m0/s1. The first-order chi connectivity index (χ1) is 16.3. The average molecular weight is 461 g/mol. The lowest BCUT2D eigenvalue weighted by Crippen LogP contribution is -2.55. The number of carbonyl (C=O) groups excluding carboxylic acids is 3. The van der Waals surface area contributed by atoms with Crippen molar-refractivity contribution in [3.63, 3.8) is 0 Å². The van der Waals surface area contributed by atoms with E-state index in [1.165, 1.54) is 11.8 Å². The highest BCUT2D eigenvalue weighted by molar-refractivity contribution is 5.93. The number of H-pyrrole nitrogens is 1. The molecule has 1 heterocycles. The molecule has 178 valence electrons. The molecule has 0 aliphatic heterocycles. The first-order valence-corrected chi connectivity index (χ1v) is 11.4. The van der Waals surface area contributed by atoms with E-state index in [0.29, 0.717) is 6.42 Å². The van der Waals surface area contributed by atoms with Gasteiger partial charge in [0.1, 0.15) is 12.1 Å². The quantitative estimate of drug-likeness (QED) is 0.456. The van der Waals surface area contributed by atoms with Crippen LogP contribution in [0.5, 0.6) is 0 Å². The van der Waals surface area contributed by atoms with Crippen LogP contribution in [0.2, 0.25) is 0 Å². The number of aromatic amines is 1. The summed E-state index contributed by atoms with van der Waals surface area (Å²) >= 11 is 0. The normalized spacial score (nSPS) is 13.1. The maximum Gasteiger partial charge on any atom is 0.247 e. The molecule has 0 unspecified atom stereocenters. The summed E-state index contributed by atoms with van der Waals surface area (Å²) in [4.78, 5) is 42.8. The lowest BCUT2D eigenvalue weighted by molar-refractivity contribution is -0.142. The minimum Gasteiger partial charge on any atom is -0.361 e. The number of likely N-dealkylation sites (N-methyl/N-ethyl adjacent to an activating group) is 1. The molecule has 3 N–H and O–H groups in total. The van der Waals surface area contributed by atoms with E-state index in [1.807, 2.05) is 80.7 Å². The van der Waals surface area contributed by atoms with Crippen LogP contribution in [0, 0.1) is 5.92 Å². The summed E-state index contributed by atoms with van der Waals surface area (Å²) in [6.07, 6.45) is 5.65. The van der Waals surface area contributed by atoms with E-state index >= 15 is 0 Å². The zero-order valence-corrected chi connectivity index (χ0v) is 20.0. The van der Waals surface area contributed by atoms with Crippen molar-refractivity contribution in [3.05, 3.63) is 78.1 Å². The predicted octanol–water partition coefficient (Wildman–Crippen LogP) is 3.49. The van der Waals surface area contributed by atoms with Gasteiger partial charge >= 0.3 is 0 Å². The molecule has 3 amide bonds. The van der Waals surface area contributed by atoms with Crippen molar-refractivity contribution in [2.75, 3.05) is 7.05 Å². The summed E-state index contributed by atoms with van der Waals surface area (Å²) in [7, 11) is 1.61. The summed E-state index contributed by atoms with van der Waals surface area (Å²) in [5, 5.41) is 6.61. The van der Waals surface area contributed by atoms with Crippen LogP contribution in [0.1, 0.15) is 31.9 Å². The fourth-order valence-electron chi connectivity index (χ4n) is 3.89. The molecular weight excluding hydrogens is 428 g/mol. The highest BCUT2D eigenvalue weighted by Gasteiger charge is 2.33. The second-order valence-corrected chi connectivity index (χ2v) is 8.71. The second kappa shape index (κ2) is 11.3. The number of aromatic nitrogens is 1. The van der Waals surface area contributed by atoms with Gasteiger partial charge in [-0.05, 0) is 23.6 Å². The Morgan fingerprint density at radius 2 is 1.71 bits per heavy atom. The van der Waals surface area contributed by atoms with E-state index in [4.69, 9.17) is 0 Å². The molecule has 7 heteroatoms. The number of hydrogen-bond acceptors (Lipinski definition) is 3. The van der Waals surface area contributed by atoms with Gasteiger partial charge in [-0.1, -0.05) is 62.4 Å². The summed E-state index contributed by atoms with van der Waals surface area (Å²) in [6, 6.07) is 16.0. The predicted molar refractivity (Wildman–Crippen MR) is 135 cm³/mol. The first-order valence-electron chi connectivity index (χ1n) is 11.4. The van der Waals surface area contributed by atoms with Crippen LogP contribution < -0.4 is 10.6 Å². The number of carbonyl (C=O) groups is 3. The van der Waals surface area contributed by atoms with Gasteiger partial charge < -0.3 is 20.5 Å². The van der Waals surface area contributed by atoms with Gasteiger partial charge in [0.05, 0.1) is 0 Å². The van der Waals surface area contributed by atoms with Crippen LogP contribution in [0.25, 0.3) is 17.0 Å². The number of nitrogens with zero attached hydrogens (tertiary/aromatic N) is 1. The summed E-state index contributed by atoms with van der Waals surface area (Å²) < 4.78 is 0.